The van der Waals surface area contributed by atoms with Gasteiger partial charge in [-0.05, 0) is 75.4 Å². The Morgan fingerprint density at radius 1 is 1.00 bits per heavy atom. The molecule has 0 aromatic heterocycles. The van der Waals surface area contributed by atoms with Gasteiger partial charge in [0.25, 0.3) is 0 Å². The number of nitrogens with zero attached hydrogens (tertiary/aromatic N) is 3. The van der Waals surface area contributed by atoms with E-state index in [1.807, 2.05) is 4.90 Å². The Balaban J connectivity index is 1.35. The maximum Gasteiger partial charge on any atom is 0.240 e. The molecule has 1 aromatic rings. The SMILES string of the molecule is CCN1CCC[C@@H]1CNS(=O)(=O)c1ccc2c(c1)CCN2C(=O)CCC(=O)N1CCCCC1. The fourth-order valence-corrected chi connectivity index (χ4v) is 6.41. The van der Waals surface area contributed by atoms with Crippen LogP contribution in [0.1, 0.15) is 57.4 Å². The molecule has 9 heteroatoms. The molecule has 33 heavy (non-hydrogen) atoms. The van der Waals surface area contributed by atoms with Gasteiger partial charge in [0.15, 0.2) is 0 Å². The highest BCUT2D eigenvalue weighted by Gasteiger charge is 2.29. The van der Waals surface area contributed by atoms with Crippen LogP contribution in [0.15, 0.2) is 23.1 Å². The molecule has 3 heterocycles. The molecule has 3 aliphatic heterocycles. The van der Waals surface area contributed by atoms with E-state index in [4.69, 9.17) is 0 Å². The van der Waals surface area contributed by atoms with Crippen molar-refractivity contribution < 1.29 is 18.0 Å². The van der Waals surface area contributed by atoms with Gasteiger partial charge in [-0.1, -0.05) is 6.92 Å². The third-order valence-electron chi connectivity index (χ3n) is 7.23. The van der Waals surface area contributed by atoms with Gasteiger partial charge in [-0.3, -0.25) is 14.5 Å². The van der Waals surface area contributed by atoms with Gasteiger partial charge in [-0.2, -0.15) is 0 Å². The van der Waals surface area contributed by atoms with Crippen LogP contribution in [0.2, 0.25) is 0 Å². The van der Waals surface area contributed by atoms with Crippen LogP contribution in [0.5, 0.6) is 0 Å². The molecule has 0 saturated carbocycles. The molecule has 8 nitrogen and oxygen atoms in total. The van der Waals surface area contributed by atoms with E-state index in [2.05, 4.69) is 16.5 Å². The summed E-state index contributed by atoms with van der Waals surface area (Å²) in [5.74, 6) is -0.0207. The first-order valence-corrected chi connectivity index (χ1v) is 13.8. The van der Waals surface area contributed by atoms with Crippen molar-refractivity contribution in [1.82, 2.24) is 14.5 Å². The second kappa shape index (κ2) is 10.5. The Hall–Kier alpha value is -1.97. The van der Waals surface area contributed by atoms with Gasteiger partial charge in [0.05, 0.1) is 4.90 Å². The van der Waals surface area contributed by atoms with Crippen molar-refractivity contribution in [3.8, 4) is 0 Å². The number of piperidine rings is 1. The quantitative estimate of drug-likeness (QED) is 0.621. The van der Waals surface area contributed by atoms with Gasteiger partial charge in [-0.15, -0.1) is 0 Å². The topological polar surface area (TPSA) is 90.0 Å². The van der Waals surface area contributed by atoms with Crippen LogP contribution in [-0.4, -0.2) is 75.3 Å². The van der Waals surface area contributed by atoms with Crippen molar-refractivity contribution in [3.05, 3.63) is 23.8 Å². The molecular weight excluding hydrogens is 440 g/mol. The minimum absolute atomic E-state index is 0.0545. The van der Waals surface area contributed by atoms with Crippen LogP contribution >= 0.6 is 0 Å². The average Bonchev–Trinajstić information content (AvgIpc) is 3.47. The molecule has 0 spiro atoms. The van der Waals surface area contributed by atoms with Crippen molar-refractivity contribution in [2.75, 3.05) is 44.2 Å². The van der Waals surface area contributed by atoms with E-state index in [-0.39, 0.29) is 35.6 Å². The largest absolute Gasteiger partial charge is 0.343 e. The van der Waals surface area contributed by atoms with Crippen LogP contribution in [-0.2, 0) is 26.0 Å². The van der Waals surface area contributed by atoms with Crippen LogP contribution < -0.4 is 9.62 Å². The highest BCUT2D eigenvalue weighted by atomic mass is 32.2. The first-order chi connectivity index (χ1) is 15.9. The van der Waals surface area contributed by atoms with E-state index in [0.717, 1.165) is 69.5 Å². The standard InChI is InChI=1S/C24H36N4O4S/c1-2-26-15-6-7-20(26)18-25-33(31,32)21-8-9-22-19(17-21)12-16-28(22)24(30)11-10-23(29)27-13-4-3-5-14-27/h8-9,17,20,25H,2-7,10-16,18H2,1H3/t20-/m1/s1. The third kappa shape index (κ3) is 5.58. The van der Waals surface area contributed by atoms with E-state index < -0.39 is 10.0 Å². The summed E-state index contributed by atoms with van der Waals surface area (Å²) in [5.41, 5.74) is 1.63. The number of benzene rings is 1. The molecule has 2 fully saturated rings. The summed E-state index contributed by atoms with van der Waals surface area (Å²) in [7, 11) is -3.60. The van der Waals surface area contributed by atoms with Crippen molar-refractivity contribution >= 4 is 27.5 Å². The van der Waals surface area contributed by atoms with Crippen molar-refractivity contribution in [1.29, 1.82) is 0 Å². The fourth-order valence-electron chi connectivity index (χ4n) is 5.29. The number of likely N-dealkylation sites (N-methyl/N-ethyl adjacent to an activating group) is 1. The van der Waals surface area contributed by atoms with Crippen LogP contribution in [0, 0.1) is 0 Å². The molecule has 0 radical (unpaired) electrons. The lowest BCUT2D eigenvalue weighted by molar-refractivity contribution is -0.133. The summed E-state index contributed by atoms with van der Waals surface area (Å²) in [6.45, 7) is 6.58. The number of fused-ring (bicyclic) bond motifs is 1. The molecule has 4 rings (SSSR count). The lowest BCUT2D eigenvalue weighted by atomic mass is 10.1. The second-order valence-electron chi connectivity index (χ2n) is 9.30. The first-order valence-electron chi connectivity index (χ1n) is 12.3. The zero-order chi connectivity index (χ0) is 23.4. The monoisotopic (exact) mass is 476 g/mol. The van der Waals surface area contributed by atoms with Gasteiger partial charge in [-0.25, -0.2) is 13.1 Å². The Morgan fingerprint density at radius 2 is 1.76 bits per heavy atom. The van der Waals surface area contributed by atoms with Crippen LogP contribution in [0.4, 0.5) is 5.69 Å². The molecule has 0 bridgehead atoms. The Labute approximate surface area is 197 Å². The highest BCUT2D eigenvalue weighted by molar-refractivity contribution is 7.89. The summed E-state index contributed by atoms with van der Waals surface area (Å²) in [5, 5.41) is 0. The molecule has 0 unspecified atom stereocenters. The van der Waals surface area contributed by atoms with Crippen LogP contribution in [0.25, 0.3) is 0 Å². The summed E-state index contributed by atoms with van der Waals surface area (Å²) in [6, 6.07) is 5.25. The third-order valence-corrected chi connectivity index (χ3v) is 8.65. The first kappa shape index (κ1) is 24.2. The number of nitrogens with one attached hydrogen (secondary N) is 1. The molecule has 1 aromatic carbocycles. The predicted octanol–water partition coefficient (Wildman–Crippen LogP) is 2.13. The maximum atomic E-state index is 12.9. The normalized spacial score (nSPS) is 21.4. The lowest BCUT2D eigenvalue weighted by Crippen LogP contribution is -2.40. The van der Waals surface area contributed by atoms with Crippen molar-refractivity contribution in [3.63, 3.8) is 0 Å². The molecule has 1 atom stereocenters. The van der Waals surface area contributed by atoms with E-state index in [9.17, 15) is 18.0 Å². The minimum Gasteiger partial charge on any atom is -0.343 e. The van der Waals surface area contributed by atoms with E-state index in [1.165, 1.54) is 0 Å². The number of hydrogen-bond acceptors (Lipinski definition) is 5. The second-order valence-corrected chi connectivity index (χ2v) is 11.1. The number of carbonyl (C=O) groups excluding carboxylic acids is 2. The highest BCUT2D eigenvalue weighted by Crippen LogP contribution is 2.31. The van der Waals surface area contributed by atoms with Crippen LogP contribution in [0.3, 0.4) is 0 Å². The maximum absolute atomic E-state index is 12.9. The Morgan fingerprint density at radius 3 is 2.52 bits per heavy atom. The van der Waals surface area contributed by atoms with E-state index in [1.54, 1.807) is 23.1 Å². The molecule has 182 valence electrons. The number of anilines is 1. The number of carbonyl (C=O) groups is 2. The number of amides is 2. The molecule has 0 aliphatic carbocycles. The summed E-state index contributed by atoms with van der Waals surface area (Å²) in [6.07, 6.45) is 6.40. The molecule has 1 N–H and O–H groups in total. The number of sulfonamides is 1. The van der Waals surface area contributed by atoms with Gasteiger partial charge >= 0.3 is 0 Å². The Bertz CT molecular complexity index is 975. The fraction of sp³-hybridized carbons (Fsp3) is 0.667. The number of hydrogen-bond donors (Lipinski definition) is 1. The zero-order valence-electron chi connectivity index (χ0n) is 19.6. The summed E-state index contributed by atoms with van der Waals surface area (Å²) < 4.78 is 28.5. The van der Waals surface area contributed by atoms with Gasteiger partial charge in [0.1, 0.15) is 0 Å². The molecule has 2 amide bonds. The number of rotatable bonds is 8. The summed E-state index contributed by atoms with van der Waals surface area (Å²) >= 11 is 0. The molecular formula is C24H36N4O4S. The molecule has 3 aliphatic rings. The van der Waals surface area contributed by atoms with Crippen molar-refractivity contribution in [2.24, 2.45) is 0 Å². The average molecular weight is 477 g/mol. The smallest absolute Gasteiger partial charge is 0.240 e. The summed E-state index contributed by atoms with van der Waals surface area (Å²) in [4.78, 5) is 31.3. The lowest BCUT2D eigenvalue weighted by Gasteiger charge is -2.27. The van der Waals surface area contributed by atoms with Crippen molar-refractivity contribution in [2.45, 2.75) is 69.2 Å². The van der Waals surface area contributed by atoms with Gasteiger partial charge in [0.2, 0.25) is 21.8 Å². The Kier molecular flexibility index (Phi) is 7.71. The predicted molar refractivity (Wildman–Crippen MR) is 128 cm³/mol. The van der Waals surface area contributed by atoms with Gasteiger partial charge in [0, 0.05) is 50.7 Å². The van der Waals surface area contributed by atoms with E-state index >= 15 is 0 Å². The number of likely N-dealkylation sites (tertiary alicyclic amines) is 2. The zero-order valence-corrected chi connectivity index (χ0v) is 20.4. The van der Waals surface area contributed by atoms with E-state index in [0.29, 0.717) is 19.5 Å². The minimum atomic E-state index is -3.60. The molecule has 2 saturated heterocycles. The van der Waals surface area contributed by atoms with Gasteiger partial charge < -0.3 is 9.80 Å².